The van der Waals surface area contributed by atoms with Gasteiger partial charge in [-0.05, 0) is 42.3 Å². The Morgan fingerprint density at radius 1 is 1.19 bits per heavy atom. The highest BCUT2D eigenvalue weighted by Gasteiger charge is 2.14. The van der Waals surface area contributed by atoms with Crippen molar-refractivity contribution in [2.24, 2.45) is 5.14 Å². The molecule has 0 radical (unpaired) electrons. The highest BCUT2D eigenvalue weighted by atomic mass is 32.2. The molecule has 140 valence electrons. The molecule has 1 heterocycles. The zero-order chi connectivity index (χ0) is 19.4. The molecule has 0 saturated carbocycles. The number of nitrogens with zero attached hydrogens (tertiary/aromatic N) is 2. The molecular weight excluding hydrogens is 364 g/mol. The van der Waals surface area contributed by atoms with E-state index in [1.807, 2.05) is 30.3 Å². The lowest BCUT2D eigenvalue weighted by Crippen LogP contribution is -2.28. The monoisotopic (exact) mass is 384 g/mol. The summed E-state index contributed by atoms with van der Waals surface area (Å²) >= 11 is 0. The second-order valence-corrected chi connectivity index (χ2v) is 7.77. The summed E-state index contributed by atoms with van der Waals surface area (Å²) in [5, 5.41) is 12.3. The van der Waals surface area contributed by atoms with Crippen LogP contribution in [0.1, 0.15) is 24.1 Å². The van der Waals surface area contributed by atoms with E-state index in [-0.39, 0.29) is 23.3 Å². The van der Waals surface area contributed by atoms with Gasteiger partial charge in [0.05, 0.1) is 29.2 Å². The Bertz CT molecular complexity index is 1050. The second-order valence-electron chi connectivity index (χ2n) is 6.21. The summed E-state index contributed by atoms with van der Waals surface area (Å²) in [4.78, 5) is 12.4. The molecule has 0 bridgehead atoms. The minimum atomic E-state index is -3.78. The third-order valence-electron chi connectivity index (χ3n) is 4.09. The molecule has 3 aromatic rings. The van der Waals surface area contributed by atoms with Gasteiger partial charge < -0.3 is 5.32 Å². The molecule has 27 heavy (non-hydrogen) atoms. The van der Waals surface area contributed by atoms with Gasteiger partial charge in [0.15, 0.2) is 0 Å². The zero-order valence-electron chi connectivity index (χ0n) is 14.7. The summed E-state index contributed by atoms with van der Waals surface area (Å²) in [7, 11) is -3.78. The maximum absolute atomic E-state index is 12.3. The van der Waals surface area contributed by atoms with E-state index in [0.717, 1.165) is 11.3 Å². The minimum absolute atomic E-state index is 0.0187. The number of carbonyl (C=O) groups is 1. The Balaban J connectivity index is 1.65. The number of rotatable bonds is 6. The maximum Gasteiger partial charge on any atom is 0.238 e. The van der Waals surface area contributed by atoms with Crippen LogP contribution in [-0.2, 0) is 21.2 Å². The number of hydrogen-bond donors (Lipinski definition) is 2. The van der Waals surface area contributed by atoms with Crippen LogP contribution in [0.3, 0.4) is 0 Å². The number of para-hydroxylation sites is 1. The molecule has 2 aromatic carbocycles. The van der Waals surface area contributed by atoms with Crippen molar-refractivity contribution in [3.63, 3.8) is 0 Å². The van der Waals surface area contributed by atoms with Crippen LogP contribution in [0.15, 0.2) is 71.9 Å². The van der Waals surface area contributed by atoms with Gasteiger partial charge in [-0.25, -0.2) is 18.2 Å². The van der Waals surface area contributed by atoms with E-state index in [1.165, 1.54) is 12.1 Å². The number of benzene rings is 2. The average molecular weight is 384 g/mol. The van der Waals surface area contributed by atoms with Crippen LogP contribution in [0, 0.1) is 0 Å². The van der Waals surface area contributed by atoms with Crippen molar-refractivity contribution in [1.29, 1.82) is 0 Å². The van der Waals surface area contributed by atoms with Crippen LogP contribution >= 0.6 is 0 Å². The van der Waals surface area contributed by atoms with Gasteiger partial charge in [-0.3, -0.25) is 4.79 Å². The Labute approximate surface area is 157 Å². The third kappa shape index (κ3) is 4.81. The normalized spacial score (nSPS) is 12.5. The van der Waals surface area contributed by atoms with Crippen molar-refractivity contribution < 1.29 is 13.2 Å². The zero-order valence-corrected chi connectivity index (χ0v) is 15.6. The molecule has 1 aromatic heterocycles. The van der Waals surface area contributed by atoms with Crippen LogP contribution < -0.4 is 10.5 Å². The van der Waals surface area contributed by atoms with Gasteiger partial charge >= 0.3 is 0 Å². The lowest BCUT2D eigenvalue weighted by Gasteiger charge is -2.15. The fourth-order valence-corrected chi connectivity index (χ4v) is 3.26. The second kappa shape index (κ2) is 7.73. The van der Waals surface area contributed by atoms with Crippen molar-refractivity contribution in [3.8, 4) is 5.69 Å². The Morgan fingerprint density at radius 2 is 1.93 bits per heavy atom. The number of carbonyl (C=O) groups excluding carboxylic acids is 1. The van der Waals surface area contributed by atoms with E-state index in [4.69, 9.17) is 5.14 Å². The van der Waals surface area contributed by atoms with E-state index in [1.54, 1.807) is 36.1 Å². The maximum atomic E-state index is 12.3. The van der Waals surface area contributed by atoms with Crippen molar-refractivity contribution in [2.75, 3.05) is 0 Å². The molecule has 0 aliphatic carbocycles. The van der Waals surface area contributed by atoms with Crippen molar-refractivity contribution in [1.82, 2.24) is 15.1 Å². The number of aromatic nitrogens is 2. The predicted molar refractivity (Wildman–Crippen MR) is 102 cm³/mol. The highest BCUT2D eigenvalue weighted by molar-refractivity contribution is 7.89. The summed E-state index contributed by atoms with van der Waals surface area (Å²) in [6.45, 7) is 1.79. The number of sulfonamides is 1. The topological polar surface area (TPSA) is 107 Å². The van der Waals surface area contributed by atoms with Gasteiger partial charge in [-0.2, -0.15) is 5.10 Å². The minimum Gasteiger partial charge on any atom is -0.349 e. The molecule has 0 aliphatic rings. The largest absolute Gasteiger partial charge is 0.349 e. The molecule has 0 spiro atoms. The van der Waals surface area contributed by atoms with Gasteiger partial charge in [-0.15, -0.1) is 0 Å². The number of amides is 1. The molecule has 1 amide bonds. The van der Waals surface area contributed by atoms with Gasteiger partial charge in [0.2, 0.25) is 15.9 Å². The lowest BCUT2D eigenvalue weighted by molar-refractivity contribution is -0.121. The van der Waals surface area contributed by atoms with Crippen LogP contribution in [0.4, 0.5) is 0 Å². The van der Waals surface area contributed by atoms with Gasteiger partial charge in [0.25, 0.3) is 0 Å². The summed E-state index contributed by atoms with van der Waals surface area (Å²) in [5.74, 6) is -0.184. The molecule has 0 saturated heterocycles. The quantitative estimate of drug-likeness (QED) is 0.677. The first kappa shape index (κ1) is 18.8. The number of nitrogens with one attached hydrogen (secondary N) is 1. The number of primary sulfonamides is 1. The van der Waals surface area contributed by atoms with Crippen LogP contribution in [0.25, 0.3) is 5.69 Å². The van der Waals surface area contributed by atoms with E-state index in [0.29, 0.717) is 5.56 Å². The first-order valence-electron chi connectivity index (χ1n) is 8.34. The fraction of sp³-hybridized carbons (Fsp3) is 0.158. The summed E-state index contributed by atoms with van der Waals surface area (Å²) in [6.07, 6.45) is 3.63. The smallest absolute Gasteiger partial charge is 0.238 e. The third-order valence-corrected chi connectivity index (χ3v) is 5.00. The first-order valence-corrected chi connectivity index (χ1v) is 9.88. The molecule has 8 heteroatoms. The molecule has 1 unspecified atom stereocenters. The predicted octanol–water partition coefficient (Wildman–Crippen LogP) is 1.94. The summed E-state index contributed by atoms with van der Waals surface area (Å²) < 4.78 is 24.7. The first-order chi connectivity index (χ1) is 12.8. The standard InChI is InChI=1S/C19H20N4O3S/c1-14(16-6-5-9-18(11-16)27(20,25)26)22-19(24)10-15-12-21-23(13-15)17-7-3-2-4-8-17/h2-9,11-14H,10H2,1H3,(H,22,24)(H2,20,25,26). The summed E-state index contributed by atoms with van der Waals surface area (Å²) in [5.41, 5.74) is 2.36. The Morgan fingerprint density at radius 3 is 2.63 bits per heavy atom. The molecule has 7 nitrogen and oxygen atoms in total. The fourth-order valence-electron chi connectivity index (χ4n) is 2.70. The molecule has 1 atom stereocenters. The Kier molecular flexibility index (Phi) is 5.38. The van der Waals surface area contributed by atoms with Crippen molar-refractivity contribution >= 4 is 15.9 Å². The molecule has 3 N–H and O–H groups in total. The highest BCUT2D eigenvalue weighted by Crippen LogP contribution is 2.17. The molecule has 0 aliphatic heterocycles. The molecule has 0 fully saturated rings. The van der Waals surface area contributed by atoms with Crippen LogP contribution in [0.5, 0.6) is 0 Å². The number of nitrogens with two attached hydrogens (primary N) is 1. The number of hydrogen-bond acceptors (Lipinski definition) is 4. The SMILES string of the molecule is CC(NC(=O)Cc1cnn(-c2ccccc2)c1)c1cccc(S(N)(=O)=O)c1. The van der Waals surface area contributed by atoms with Gasteiger partial charge in [0.1, 0.15) is 0 Å². The lowest BCUT2D eigenvalue weighted by atomic mass is 10.1. The van der Waals surface area contributed by atoms with Gasteiger partial charge in [-0.1, -0.05) is 30.3 Å². The van der Waals surface area contributed by atoms with Crippen molar-refractivity contribution in [2.45, 2.75) is 24.3 Å². The van der Waals surface area contributed by atoms with Crippen LogP contribution in [0.2, 0.25) is 0 Å². The Hall–Kier alpha value is -2.97. The van der Waals surface area contributed by atoms with E-state index >= 15 is 0 Å². The molecule has 3 rings (SSSR count). The van der Waals surface area contributed by atoms with Gasteiger partial charge in [0, 0.05) is 6.20 Å². The van der Waals surface area contributed by atoms with E-state index < -0.39 is 10.0 Å². The average Bonchev–Trinajstić information content (AvgIpc) is 3.10. The summed E-state index contributed by atoms with van der Waals surface area (Å²) in [6, 6.07) is 15.5. The van der Waals surface area contributed by atoms with E-state index in [9.17, 15) is 13.2 Å². The molecular formula is C19H20N4O3S. The van der Waals surface area contributed by atoms with Crippen LogP contribution in [-0.4, -0.2) is 24.1 Å². The van der Waals surface area contributed by atoms with E-state index in [2.05, 4.69) is 10.4 Å². The van der Waals surface area contributed by atoms with Crippen molar-refractivity contribution in [3.05, 3.63) is 78.1 Å².